The minimum absolute atomic E-state index is 0.650. The molecule has 2 aromatic heterocycles. The minimum atomic E-state index is -0.864. The van der Waals surface area contributed by atoms with Crippen LogP contribution in [-0.4, -0.2) is 33.1 Å². The quantitative estimate of drug-likeness (QED) is 0.913. The van der Waals surface area contributed by atoms with Crippen LogP contribution in [0.15, 0.2) is 12.4 Å². The number of nitrogens with zero attached hydrogens (tertiary/aromatic N) is 3. The highest BCUT2D eigenvalue weighted by molar-refractivity contribution is 7.18. The fraction of sp³-hybridized carbons (Fsp3) is 0.462. The first-order valence-corrected chi connectivity index (χ1v) is 7.06. The zero-order chi connectivity index (χ0) is 13.6. The molecule has 6 heteroatoms. The molecule has 0 radical (unpaired) electrons. The minimum Gasteiger partial charge on any atom is -0.480 e. The number of thiophene rings is 1. The average Bonchev–Trinajstić information content (AvgIpc) is 2.91. The SMILES string of the molecule is Cc1cc2c(N3CCCC3(C)C(=O)O)ncnc2s1. The summed E-state index contributed by atoms with van der Waals surface area (Å²) >= 11 is 1.61. The molecule has 2 aromatic rings. The van der Waals surface area contributed by atoms with Crippen LogP contribution in [0.2, 0.25) is 0 Å². The Morgan fingerprint density at radius 2 is 2.32 bits per heavy atom. The lowest BCUT2D eigenvalue weighted by atomic mass is 9.99. The molecular weight excluding hydrogens is 262 g/mol. The number of hydrogen-bond acceptors (Lipinski definition) is 5. The van der Waals surface area contributed by atoms with Crippen LogP contribution in [0.5, 0.6) is 0 Å². The Balaban J connectivity index is 2.16. The van der Waals surface area contributed by atoms with Crippen molar-refractivity contribution in [1.82, 2.24) is 9.97 Å². The Morgan fingerprint density at radius 3 is 3.05 bits per heavy atom. The number of aryl methyl sites for hydroxylation is 1. The van der Waals surface area contributed by atoms with Crippen LogP contribution in [0.1, 0.15) is 24.6 Å². The van der Waals surface area contributed by atoms with Gasteiger partial charge in [0.2, 0.25) is 0 Å². The number of aliphatic carboxylic acids is 1. The Kier molecular flexibility index (Phi) is 2.70. The predicted octanol–water partition coefficient (Wildman–Crippen LogP) is 2.44. The molecule has 3 heterocycles. The number of carbonyl (C=O) groups is 1. The zero-order valence-corrected chi connectivity index (χ0v) is 11.7. The molecule has 0 saturated carbocycles. The molecule has 1 unspecified atom stereocenters. The van der Waals surface area contributed by atoms with Crippen molar-refractivity contribution in [2.24, 2.45) is 0 Å². The molecule has 1 saturated heterocycles. The second kappa shape index (κ2) is 4.16. The van der Waals surface area contributed by atoms with Crippen molar-refractivity contribution in [3.63, 3.8) is 0 Å². The third kappa shape index (κ3) is 1.78. The van der Waals surface area contributed by atoms with Crippen LogP contribution in [0, 0.1) is 6.92 Å². The highest BCUT2D eigenvalue weighted by Crippen LogP contribution is 2.38. The van der Waals surface area contributed by atoms with E-state index in [0.717, 1.165) is 33.9 Å². The van der Waals surface area contributed by atoms with E-state index in [9.17, 15) is 9.90 Å². The molecule has 0 spiro atoms. The van der Waals surface area contributed by atoms with Crippen LogP contribution in [0.25, 0.3) is 10.2 Å². The third-order valence-electron chi connectivity index (χ3n) is 3.79. The summed E-state index contributed by atoms with van der Waals surface area (Å²) in [4.78, 5) is 24.2. The summed E-state index contributed by atoms with van der Waals surface area (Å²) in [5.41, 5.74) is -0.864. The molecule has 1 aliphatic heterocycles. The molecule has 1 atom stereocenters. The Morgan fingerprint density at radius 1 is 1.53 bits per heavy atom. The van der Waals surface area contributed by atoms with Crippen LogP contribution >= 0.6 is 11.3 Å². The van der Waals surface area contributed by atoms with Crippen LogP contribution in [0.4, 0.5) is 5.82 Å². The zero-order valence-electron chi connectivity index (χ0n) is 10.9. The fourth-order valence-corrected chi connectivity index (χ4v) is 3.55. The van der Waals surface area contributed by atoms with Crippen LogP contribution in [0.3, 0.4) is 0 Å². The van der Waals surface area contributed by atoms with Gasteiger partial charge in [0.1, 0.15) is 22.5 Å². The van der Waals surface area contributed by atoms with E-state index in [1.807, 2.05) is 17.9 Å². The number of rotatable bonds is 2. The predicted molar refractivity (Wildman–Crippen MR) is 74.8 cm³/mol. The van der Waals surface area contributed by atoms with Gasteiger partial charge in [0.15, 0.2) is 0 Å². The van der Waals surface area contributed by atoms with Gasteiger partial charge in [-0.3, -0.25) is 0 Å². The average molecular weight is 277 g/mol. The van der Waals surface area contributed by atoms with Gasteiger partial charge in [-0.2, -0.15) is 0 Å². The van der Waals surface area contributed by atoms with Crippen molar-refractivity contribution >= 4 is 33.3 Å². The fourth-order valence-electron chi connectivity index (χ4n) is 2.70. The summed E-state index contributed by atoms with van der Waals surface area (Å²) in [7, 11) is 0. The summed E-state index contributed by atoms with van der Waals surface area (Å²) < 4.78 is 0. The van der Waals surface area contributed by atoms with Gasteiger partial charge in [-0.05, 0) is 32.8 Å². The third-order valence-corrected chi connectivity index (χ3v) is 4.75. The van der Waals surface area contributed by atoms with E-state index in [-0.39, 0.29) is 0 Å². The number of carboxylic acids is 1. The van der Waals surface area contributed by atoms with Crippen LogP contribution < -0.4 is 4.90 Å². The molecule has 0 bridgehead atoms. The smallest absolute Gasteiger partial charge is 0.329 e. The molecular formula is C13H15N3O2S. The van der Waals surface area contributed by atoms with Gasteiger partial charge >= 0.3 is 5.97 Å². The van der Waals surface area contributed by atoms with Crippen molar-refractivity contribution in [1.29, 1.82) is 0 Å². The van der Waals surface area contributed by atoms with Crippen molar-refractivity contribution in [2.75, 3.05) is 11.4 Å². The van der Waals surface area contributed by atoms with E-state index in [1.165, 1.54) is 6.33 Å². The summed E-state index contributed by atoms with van der Waals surface area (Å²) in [5.74, 6) is -0.0412. The molecule has 1 N–H and O–H groups in total. The van der Waals surface area contributed by atoms with E-state index in [0.29, 0.717) is 6.42 Å². The maximum Gasteiger partial charge on any atom is 0.329 e. The van der Waals surface area contributed by atoms with Crippen molar-refractivity contribution < 1.29 is 9.90 Å². The highest BCUT2D eigenvalue weighted by atomic mass is 32.1. The first-order valence-electron chi connectivity index (χ1n) is 6.24. The number of hydrogen-bond donors (Lipinski definition) is 1. The summed E-state index contributed by atoms with van der Waals surface area (Å²) in [6.45, 7) is 4.52. The normalized spacial score (nSPS) is 23.2. The van der Waals surface area contributed by atoms with Gasteiger partial charge in [0.05, 0.1) is 5.39 Å². The lowest BCUT2D eigenvalue weighted by Gasteiger charge is -2.32. The maximum atomic E-state index is 11.6. The van der Waals surface area contributed by atoms with E-state index in [4.69, 9.17) is 0 Å². The molecule has 5 nitrogen and oxygen atoms in total. The Bertz CT molecular complexity index is 654. The lowest BCUT2D eigenvalue weighted by Crippen LogP contribution is -2.48. The first-order chi connectivity index (χ1) is 9.02. The monoisotopic (exact) mass is 277 g/mol. The van der Waals surface area contributed by atoms with Gasteiger partial charge in [-0.15, -0.1) is 11.3 Å². The van der Waals surface area contributed by atoms with E-state index < -0.39 is 11.5 Å². The molecule has 19 heavy (non-hydrogen) atoms. The van der Waals surface area contributed by atoms with Gasteiger partial charge in [-0.25, -0.2) is 14.8 Å². The molecule has 100 valence electrons. The topological polar surface area (TPSA) is 66.3 Å². The van der Waals surface area contributed by atoms with Gasteiger partial charge in [0.25, 0.3) is 0 Å². The van der Waals surface area contributed by atoms with E-state index in [2.05, 4.69) is 9.97 Å². The Labute approximate surface area is 114 Å². The number of carboxylic acid groups (broad SMARTS) is 1. The highest BCUT2D eigenvalue weighted by Gasteiger charge is 2.44. The van der Waals surface area contributed by atoms with Gasteiger partial charge in [-0.1, -0.05) is 0 Å². The maximum absolute atomic E-state index is 11.6. The molecule has 1 fully saturated rings. The van der Waals surface area contributed by atoms with Crippen molar-refractivity contribution in [2.45, 2.75) is 32.2 Å². The number of fused-ring (bicyclic) bond motifs is 1. The molecule has 0 aromatic carbocycles. The molecule has 0 amide bonds. The van der Waals surface area contributed by atoms with E-state index in [1.54, 1.807) is 18.3 Å². The van der Waals surface area contributed by atoms with Gasteiger partial charge in [0, 0.05) is 11.4 Å². The summed E-state index contributed by atoms with van der Waals surface area (Å²) in [6.07, 6.45) is 3.04. The molecule has 1 aliphatic rings. The molecule has 3 rings (SSSR count). The second-order valence-corrected chi connectivity index (χ2v) is 6.34. The summed E-state index contributed by atoms with van der Waals surface area (Å²) in [5, 5.41) is 10.5. The van der Waals surface area contributed by atoms with E-state index >= 15 is 0 Å². The number of aromatic nitrogens is 2. The number of anilines is 1. The molecule has 0 aliphatic carbocycles. The summed E-state index contributed by atoms with van der Waals surface area (Å²) in [6, 6.07) is 2.04. The first kappa shape index (κ1) is 12.3. The lowest BCUT2D eigenvalue weighted by molar-refractivity contribution is -0.142. The standard InChI is InChI=1S/C13H15N3O2S/c1-8-6-9-10(14-7-15-11(9)19-8)16-5-3-4-13(16,2)12(17)18/h6-7H,3-5H2,1-2H3,(H,17,18). The van der Waals surface area contributed by atoms with Gasteiger partial charge < -0.3 is 10.0 Å². The van der Waals surface area contributed by atoms with Crippen molar-refractivity contribution in [3.8, 4) is 0 Å². The van der Waals surface area contributed by atoms with Crippen molar-refractivity contribution in [3.05, 3.63) is 17.3 Å². The Hall–Kier alpha value is -1.69. The second-order valence-electron chi connectivity index (χ2n) is 5.11. The van der Waals surface area contributed by atoms with Crippen LogP contribution in [-0.2, 0) is 4.79 Å². The largest absolute Gasteiger partial charge is 0.480 e.